The second-order valence-electron chi connectivity index (χ2n) is 5.65. The van der Waals surface area contributed by atoms with Crippen LogP contribution in [0.15, 0.2) is 52.9 Å². The highest BCUT2D eigenvalue weighted by atomic mass is 35.5. The summed E-state index contributed by atoms with van der Waals surface area (Å²) in [6.07, 6.45) is 0. The maximum Gasteiger partial charge on any atom is 0.291 e. The minimum absolute atomic E-state index is 0.0616. The number of benzene rings is 2. The summed E-state index contributed by atoms with van der Waals surface area (Å²) in [4.78, 5) is 17.0. The lowest BCUT2D eigenvalue weighted by Crippen LogP contribution is -2.10. The molecule has 0 bridgehead atoms. The first-order chi connectivity index (χ1) is 12.0. The average Bonchev–Trinajstić information content (AvgIpc) is 3.05. The molecule has 0 radical (unpaired) electrons. The molecule has 0 spiro atoms. The summed E-state index contributed by atoms with van der Waals surface area (Å²) in [6, 6.07) is 13.2. The molecular weight excluding hydrogens is 343 g/mol. The molecule has 0 atom stereocenters. The summed E-state index contributed by atoms with van der Waals surface area (Å²) in [5, 5.41) is 4.21. The van der Waals surface area contributed by atoms with Gasteiger partial charge < -0.3 is 9.73 Å². The number of aromatic nitrogens is 1. The van der Waals surface area contributed by atoms with Crippen LogP contribution >= 0.6 is 11.6 Å². The molecule has 2 heterocycles. The number of carbonyl (C=O) groups is 1. The maximum absolute atomic E-state index is 13.2. The van der Waals surface area contributed by atoms with Crippen LogP contribution in [0, 0.1) is 12.7 Å². The topological polar surface area (TPSA) is 55.1 Å². The highest BCUT2D eigenvalue weighted by Gasteiger charge is 2.17. The lowest BCUT2D eigenvalue weighted by Gasteiger charge is -2.03. The SMILES string of the molecule is Cc1nc2ccccc2c2oc(C(=O)Nc3ccc(F)c(Cl)c3)cc12. The van der Waals surface area contributed by atoms with E-state index in [1.54, 1.807) is 6.07 Å². The molecule has 0 aliphatic rings. The fourth-order valence-electron chi connectivity index (χ4n) is 2.74. The summed E-state index contributed by atoms with van der Waals surface area (Å²) in [5.41, 5.74) is 2.59. The lowest BCUT2D eigenvalue weighted by molar-refractivity contribution is 0.0999. The Bertz CT molecular complexity index is 1140. The van der Waals surface area contributed by atoms with Gasteiger partial charge in [-0.1, -0.05) is 23.7 Å². The Morgan fingerprint density at radius 2 is 1.96 bits per heavy atom. The van der Waals surface area contributed by atoms with Crippen LogP contribution in [0.5, 0.6) is 0 Å². The van der Waals surface area contributed by atoms with Crippen LogP contribution in [0.3, 0.4) is 0 Å². The van der Waals surface area contributed by atoms with Crippen molar-refractivity contribution in [3.05, 3.63) is 70.8 Å². The van der Waals surface area contributed by atoms with Crippen molar-refractivity contribution in [2.24, 2.45) is 0 Å². The first-order valence-corrected chi connectivity index (χ1v) is 7.96. The van der Waals surface area contributed by atoms with E-state index in [0.29, 0.717) is 11.3 Å². The molecule has 2 aromatic carbocycles. The number of anilines is 1. The van der Waals surface area contributed by atoms with E-state index in [4.69, 9.17) is 16.0 Å². The van der Waals surface area contributed by atoms with Crippen LogP contribution in [-0.4, -0.2) is 10.9 Å². The van der Waals surface area contributed by atoms with Crippen LogP contribution < -0.4 is 5.32 Å². The zero-order chi connectivity index (χ0) is 17.6. The zero-order valence-corrected chi connectivity index (χ0v) is 13.9. The number of nitrogens with one attached hydrogen (secondary N) is 1. The normalized spacial score (nSPS) is 11.2. The van der Waals surface area contributed by atoms with Crippen molar-refractivity contribution in [3.8, 4) is 0 Å². The number of rotatable bonds is 2. The van der Waals surface area contributed by atoms with Crippen molar-refractivity contribution in [2.45, 2.75) is 6.92 Å². The third-order valence-electron chi connectivity index (χ3n) is 3.96. The van der Waals surface area contributed by atoms with Gasteiger partial charge in [-0.3, -0.25) is 9.78 Å². The molecule has 0 aliphatic carbocycles. The molecule has 25 heavy (non-hydrogen) atoms. The quantitative estimate of drug-likeness (QED) is 0.529. The third-order valence-corrected chi connectivity index (χ3v) is 4.25. The van der Waals surface area contributed by atoms with Crippen molar-refractivity contribution in [3.63, 3.8) is 0 Å². The maximum atomic E-state index is 13.2. The monoisotopic (exact) mass is 354 g/mol. The van der Waals surface area contributed by atoms with E-state index in [1.165, 1.54) is 18.2 Å². The van der Waals surface area contributed by atoms with E-state index < -0.39 is 11.7 Å². The number of fused-ring (bicyclic) bond motifs is 3. The van der Waals surface area contributed by atoms with Gasteiger partial charge in [-0.05, 0) is 43.3 Å². The Balaban J connectivity index is 1.76. The minimum Gasteiger partial charge on any atom is -0.450 e. The largest absolute Gasteiger partial charge is 0.450 e. The molecule has 2 aromatic heterocycles. The zero-order valence-electron chi connectivity index (χ0n) is 13.1. The number of amides is 1. The second kappa shape index (κ2) is 5.86. The molecule has 4 nitrogen and oxygen atoms in total. The van der Waals surface area contributed by atoms with Gasteiger partial charge in [-0.25, -0.2) is 4.39 Å². The molecular formula is C19H12ClFN2O2. The van der Waals surface area contributed by atoms with Crippen LogP contribution in [-0.2, 0) is 0 Å². The smallest absolute Gasteiger partial charge is 0.291 e. The van der Waals surface area contributed by atoms with Crippen molar-refractivity contribution in [2.75, 3.05) is 5.32 Å². The predicted molar refractivity (Wildman–Crippen MR) is 95.6 cm³/mol. The molecule has 4 aromatic rings. The van der Waals surface area contributed by atoms with Crippen molar-refractivity contribution in [1.29, 1.82) is 0 Å². The molecule has 0 aliphatic heterocycles. The standard InChI is InChI=1S/C19H12ClFN2O2/c1-10-13-9-17(19(24)23-11-6-7-15(21)14(20)8-11)25-18(13)12-4-2-3-5-16(12)22-10/h2-9H,1H3,(H,23,24). The number of hydrogen-bond acceptors (Lipinski definition) is 3. The lowest BCUT2D eigenvalue weighted by atomic mass is 10.1. The summed E-state index contributed by atoms with van der Waals surface area (Å²) >= 11 is 5.74. The molecule has 1 amide bonds. The van der Waals surface area contributed by atoms with Crippen molar-refractivity contribution in [1.82, 2.24) is 4.98 Å². The van der Waals surface area contributed by atoms with Crippen molar-refractivity contribution < 1.29 is 13.6 Å². The van der Waals surface area contributed by atoms with E-state index in [2.05, 4.69) is 10.3 Å². The number of para-hydroxylation sites is 1. The molecule has 1 N–H and O–H groups in total. The van der Waals surface area contributed by atoms with E-state index in [0.717, 1.165) is 22.0 Å². The molecule has 0 unspecified atom stereocenters. The molecule has 6 heteroatoms. The van der Waals surface area contributed by atoms with Crippen LogP contribution in [0.1, 0.15) is 16.2 Å². The number of hydrogen-bond donors (Lipinski definition) is 1. The van der Waals surface area contributed by atoms with E-state index in [1.807, 2.05) is 31.2 Å². The third kappa shape index (κ3) is 2.72. The van der Waals surface area contributed by atoms with E-state index in [-0.39, 0.29) is 10.8 Å². The van der Waals surface area contributed by atoms with Gasteiger partial charge in [0.25, 0.3) is 5.91 Å². The summed E-state index contributed by atoms with van der Waals surface area (Å²) in [7, 11) is 0. The van der Waals surface area contributed by atoms with Crippen LogP contribution in [0.25, 0.3) is 21.9 Å². The fraction of sp³-hybridized carbons (Fsp3) is 0.0526. The average molecular weight is 355 g/mol. The number of pyridine rings is 1. The van der Waals surface area contributed by atoms with Crippen LogP contribution in [0.2, 0.25) is 5.02 Å². The van der Waals surface area contributed by atoms with Gasteiger partial charge >= 0.3 is 0 Å². The highest BCUT2D eigenvalue weighted by Crippen LogP contribution is 2.29. The van der Waals surface area contributed by atoms with Gasteiger partial charge in [0.2, 0.25) is 0 Å². The molecule has 0 saturated carbocycles. The second-order valence-corrected chi connectivity index (χ2v) is 6.06. The first kappa shape index (κ1) is 15.6. The minimum atomic E-state index is -0.545. The molecule has 4 rings (SSSR count). The van der Waals surface area contributed by atoms with E-state index >= 15 is 0 Å². The predicted octanol–water partition coefficient (Wildman–Crippen LogP) is 5.33. The summed E-state index contributed by atoms with van der Waals surface area (Å²) in [6.45, 7) is 1.87. The Morgan fingerprint density at radius 1 is 1.16 bits per heavy atom. The van der Waals surface area contributed by atoms with Gasteiger partial charge in [-0.15, -0.1) is 0 Å². The number of halogens is 2. The Morgan fingerprint density at radius 3 is 2.76 bits per heavy atom. The molecule has 124 valence electrons. The van der Waals surface area contributed by atoms with Crippen LogP contribution in [0.4, 0.5) is 10.1 Å². The van der Waals surface area contributed by atoms with Gasteiger partial charge in [0.1, 0.15) is 11.4 Å². The highest BCUT2D eigenvalue weighted by molar-refractivity contribution is 6.31. The van der Waals surface area contributed by atoms with Crippen molar-refractivity contribution >= 4 is 45.1 Å². The van der Waals surface area contributed by atoms with Gasteiger partial charge in [0.05, 0.1) is 10.5 Å². The van der Waals surface area contributed by atoms with Gasteiger partial charge in [-0.2, -0.15) is 0 Å². The summed E-state index contributed by atoms with van der Waals surface area (Å²) < 4.78 is 19.0. The first-order valence-electron chi connectivity index (χ1n) is 7.58. The Kier molecular flexibility index (Phi) is 3.66. The number of carbonyl (C=O) groups excluding carboxylic acids is 1. The fourth-order valence-corrected chi connectivity index (χ4v) is 2.92. The Labute approximate surface area is 147 Å². The van der Waals surface area contributed by atoms with Gasteiger partial charge in [0, 0.05) is 22.2 Å². The van der Waals surface area contributed by atoms with Gasteiger partial charge in [0.15, 0.2) is 5.76 Å². The Hall–Kier alpha value is -2.92. The molecule has 0 fully saturated rings. The number of furan rings is 1. The number of aryl methyl sites for hydroxylation is 1. The summed E-state index contributed by atoms with van der Waals surface area (Å²) in [5.74, 6) is -0.837. The molecule has 0 saturated heterocycles. The number of nitrogens with zero attached hydrogens (tertiary/aromatic N) is 1. The van der Waals surface area contributed by atoms with E-state index in [9.17, 15) is 9.18 Å².